The molecule has 118 valence electrons. The van der Waals surface area contributed by atoms with Gasteiger partial charge in [0.15, 0.2) is 17.3 Å². The largest absolute Gasteiger partial charge is 0.394 e. The Kier molecular flexibility index (Phi) is 3.37. The fraction of sp³-hybridized carbons (Fsp3) is 0.462. The van der Waals surface area contributed by atoms with Gasteiger partial charge in [0, 0.05) is 12.3 Å². The van der Waals surface area contributed by atoms with E-state index in [0.717, 1.165) is 0 Å². The number of hydrogen-bond acceptors (Lipinski definition) is 8. The lowest BCUT2D eigenvalue weighted by Crippen LogP contribution is -2.46. The summed E-state index contributed by atoms with van der Waals surface area (Å²) in [4.78, 5) is 19.7. The maximum atomic E-state index is 11.9. The van der Waals surface area contributed by atoms with E-state index in [1.807, 2.05) is 0 Å². The molecule has 22 heavy (non-hydrogen) atoms. The first-order chi connectivity index (χ1) is 10.4. The van der Waals surface area contributed by atoms with E-state index in [1.165, 1.54) is 30.1 Å². The number of nitrogens with two attached hydrogens (primary N) is 1. The van der Waals surface area contributed by atoms with Crippen LogP contribution in [0.4, 0.5) is 5.82 Å². The number of aliphatic hydroxyl groups excluding tert-OH is 2. The van der Waals surface area contributed by atoms with Gasteiger partial charge >= 0.3 is 0 Å². The third kappa shape index (κ3) is 1.98. The van der Waals surface area contributed by atoms with Gasteiger partial charge in [0.05, 0.1) is 6.61 Å². The Morgan fingerprint density at radius 2 is 2.23 bits per heavy atom. The zero-order chi connectivity index (χ0) is 16.1. The number of fused-ring (bicyclic) bond motifs is 1. The molecule has 3 heterocycles. The summed E-state index contributed by atoms with van der Waals surface area (Å²) in [6, 6.07) is 1.25. The highest BCUT2D eigenvalue weighted by atomic mass is 16.6. The molecule has 0 radical (unpaired) electrons. The molecule has 0 saturated carbocycles. The van der Waals surface area contributed by atoms with Gasteiger partial charge < -0.3 is 30.4 Å². The quantitative estimate of drug-likeness (QED) is 0.518. The van der Waals surface area contributed by atoms with Crippen LogP contribution in [0.25, 0.3) is 11.0 Å². The molecule has 0 unspecified atom stereocenters. The number of aliphatic hydroxyl groups is 3. The monoisotopic (exact) mass is 308 g/mol. The van der Waals surface area contributed by atoms with Crippen LogP contribution in [0.2, 0.25) is 0 Å². The van der Waals surface area contributed by atoms with Gasteiger partial charge in [-0.3, -0.25) is 4.79 Å². The molecule has 1 aliphatic rings. The number of nitrogens with zero attached hydrogens (tertiary/aromatic N) is 3. The van der Waals surface area contributed by atoms with Gasteiger partial charge in [-0.05, 0) is 6.92 Å². The van der Waals surface area contributed by atoms with Gasteiger partial charge in [-0.25, -0.2) is 9.97 Å². The van der Waals surface area contributed by atoms with Crippen molar-refractivity contribution in [3.63, 3.8) is 0 Å². The van der Waals surface area contributed by atoms with E-state index in [4.69, 9.17) is 10.5 Å². The van der Waals surface area contributed by atoms with Crippen LogP contribution in [-0.4, -0.2) is 54.3 Å². The van der Waals surface area contributed by atoms with Crippen LogP contribution >= 0.6 is 0 Å². The molecule has 2 aromatic heterocycles. The standard InChI is InChI=1S/C13H16N4O5/c1-13(21)7(4-18)22-12(9(13)20)17-3-2-6(19)8-10(14)15-5-16-11(8)17/h2-3,5,7,9,12,18,20-21H,4H2,1H3,(H2,14,15,16)/t7-,9+,12-,13-/m1/s1. The lowest BCUT2D eigenvalue weighted by molar-refractivity contribution is -0.0804. The van der Waals surface area contributed by atoms with E-state index in [0.29, 0.717) is 0 Å². The normalized spacial score (nSPS) is 31.7. The van der Waals surface area contributed by atoms with Crippen molar-refractivity contribution >= 4 is 16.9 Å². The average molecular weight is 308 g/mol. The highest BCUT2D eigenvalue weighted by molar-refractivity contribution is 5.84. The van der Waals surface area contributed by atoms with Crippen molar-refractivity contribution in [3.05, 3.63) is 28.8 Å². The number of aromatic nitrogens is 3. The number of hydrogen-bond donors (Lipinski definition) is 4. The number of nitrogen functional groups attached to an aromatic ring is 1. The molecule has 9 heteroatoms. The van der Waals surface area contributed by atoms with Gasteiger partial charge in [0.1, 0.15) is 35.3 Å². The van der Waals surface area contributed by atoms with Crippen LogP contribution in [0.1, 0.15) is 13.2 Å². The predicted octanol–water partition coefficient (Wildman–Crippen LogP) is -1.62. The SMILES string of the molecule is C[C@@]1(O)[C@@H](CO)O[C@@H](n2ccc(=O)c3c(N)ncnc32)[C@@H]1O. The molecular weight excluding hydrogens is 292 g/mol. The Hall–Kier alpha value is -2.07. The predicted molar refractivity (Wildman–Crippen MR) is 75.8 cm³/mol. The molecule has 2 aromatic rings. The summed E-state index contributed by atoms with van der Waals surface area (Å²) in [5, 5.41) is 30.0. The summed E-state index contributed by atoms with van der Waals surface area (Å²) < 4.78 is 6.91. The van der Waals surface area contributed by atoms with Crippen molar-refractivity contribution in [2.45, 2.75) is 31.0 Å². The first-order valence-corrected chi connectivity index (χ1v) is 6.66. The molecule has 0 amide bonds. The summed E-state index contributed by atoms with van der Waals surface area (Å²) in [6.45, 7) is 0.905. The maximum absolute atomic E-state index is 11.9. The average Bonchev–Trinajstić information content (AvgIpc) is 2.70. The van der Waals surface area contributed by atoms with E-state index in [1.54, 1.807) is 0 Å². The summed E-state index contributed by atoms with van der Waals surface area (Å²) >= 11 is 0. The maximum Gasteiger partial charge on any atom is 0.194 e. The van der Waals surface area contributed by atoms with Gasteiger partial charge in [-0.15, -0.1) is 0 Å². The number of pyridine rings is 1. The van der Waals surface area contributed by atoms with E-state index < -0.39 is 30.6 Å². The van der Waals surface area contributed by atoms with E-state index in [2.05, 4.69) is 9.97 Å². The van der Waals surface area contributed by atoms with Crippen molar-refractivity contribution in [1.29, 1.82) is 0 Å². The fourth-order valence-corrected chi connectivity index (χ4v) is 2.63. The molecule has 1 fully saturated rings. The summed E-state index contributed by atoms with van der Waals surface area (Å²) in [5.41, 5.74) is 3.88. The molecule has 9 nitrogen and oxygen atoms in total. The highest BCUT2D eigenvalue weighted by Gasteiger charge is 2.52. The molecule has 3 rings (SSSR count). The van der Waals surface area contributed by atoms with Crippen LogP contribution in [0.5, 0.6) is 0 Å². The van der Waals surface area contributed by atoms with E-state index >= 15 is 0 Å². The third-order valence-electron chi connectivity index (χ3n) is 4.00. The van der Waals surface area contributed by atoms with Gasteiger partial charge in [-0.1, -0.05) is 0 Å². The van der Waals surface area contributed by atoms with E-state index in [-0.39, 0.29) is 22.3 Å². The molecule has 1 aliphatic heterocycles. The van der Waals surface area contributed by atoms with Crippen molar-refractivity contribution in [2.75, 3.05) is 12.3 Å². The van der Waals surface area contributed by atoms with Crippen LogP contribution in [0, 0.1) is 0 Å². The van der Waals surface area contributed by atoms with Gasteiger partial charge in [0.25, 0.3) is 0 Å². The smallest absolute Gasteiger partial charge is 0.194 e. The van der Waals surface area contributed by atoms with Crippen molar-refractivity contribution in [1.82, 2.24) is 14.5 Å². The fourth-order valence-electron chi connectivity index (χ4n) is 2.63. The van der Waals surface area contributed by atoms with Crippen LogP contribution in [0.3, 0.4) is 0 Å². The van der Waals surface area contributed by atoms with Crippen LogP contribution in [-0.2, 0) is 4.74 Å². The third-order valence-corrected chi connectivity index (χ3v) is 4.00. The van der Waals surface area contributed by atoms with E-state index in [9.17, 15) is 20.1 Å². The number of anilines is 1. The molecule has 0 aliphatic carbocycles. The second kappa shape index (κ2) is 4.99. The summed E-state index contributed by atoms with van der Waals surface area (Å²) in [7, 11) is 0. The number of rotatable bonds is 2. The Morgan fingerprint density at radius 3 is 2.86 bits per heavy atom. The Labute approximate surface area is 124 Å². The van der Waals surface area contributed by atoms with Gasteiger partial charge in [0.2, 0.25) is 0 Å². The first kappa shape index (κ1) is 14.9. The lowest BCUT2D eigenvalue weighted by Gasteiger charge is -2.25. The Morgan fingerprint density at radius 1 is 1.50 bits per heavy atom. The van der Waals surface area contributed by atoms with Crippen molar-refractivity contribution < 1.29 is 20.1 Å². The summed E-state index contributed by atoms with van der Waals surface area (Å²) in [5.74, 6) is 0.0160. The zero-order valence-electron chi connectivity index (χ0n) is 11.7. The highest BCUT2D eigenvalue weighted by Crippen LogP contribution is 2.37. The van der Waals surface area contributed by atoms with Crippen LogP contribution in [0.15, 0.2) is 23.4 Å². The Balaban J connectivity index is 2.18. The van der Waals surface area contributed by atoms with Crippen LogP contribution < -0.4 is 11.2 Å². The zero-order valence-corrected chi connectivity index (χ0v) is 11.7. The molecule has 5 N–H and O–H groups in total. The number of ether oxygens (including phenoxy) is 1. The molecule has 0 spiro atoms. The van der Waals surface area contributed by atoms with Crippen molar-refractivity contribution in [3.8, 4) is 0 Å². The second-order valence-electron chi connectivity index (χ2n) is 5.41. The molecule has 0 aromatic carbocycles. The Bertz CT molecular complexity index is 775. The minimum Gasteiger partial charge on any atom is -0.394 e. The molecule has 4 atom stereocenters. The van der Waals surface area contributed by atoms with Crippen molar-refractivity contribution in [2.24, 2.45) is 0 Å². The first-order valence-electron chi connectivity index (χ1n) is 6.66. The lowest BCUT2D eigenvalue weighted by atomic mass is 9.95. The molecular formula is C13H16N4O5. The second-order valence-corrected chi connectivity index (χ2v) is 5.41. The molecule has 0 bridgehead atoms. The minimum atomic E-state index is -1.65. The topological polar surface area (TPSA) is 144 Å². The molecule has 1 saturated heterocycles. The summed E-state index contributed by atoms with van der Waals surface area (Å²) in [6.07, 6.45) is -0.741. The minimum absolute atomic E-state index is 0.0160. The van der Waals surface area contributed by atoms with Gasteiger partial charge in [-0.2, -0.15) is 0 Å².